The quantitative estimate of drug-likeness (QED) is 0.271. The number of likely N-dealkylation sites (tertiary alicyclic amines) is 1. The highest BCUT2D eigenvalue weighted by molar-refractivity contribution is 7.98. The molecule has 0 saturated carbocycles. The van der Waals surface area contributed by atoms with Crippen LogP contribution < -0.4 is 4.90 Å². The van der Waals surface area contributed by atoms with E-state index in [2.05, 4.69) is 62.1 Å². The van der Waals surface area contributed by atoms with Gasteiger partial charge in [0.15, 0.2) is 5.16 Å². The summed E-state index contributed by atoms with van der Waals surface area (Å²) in [4.78, 5) is 17.4. The lowest BCUT2D eigenvalue weighted by Gasteiger charge is -2.33. The van der Waals surface area contributed by atoms with Gasteiger partial charge < -0.3 is 14.8 Å². The number of H-pyrrole nitrogens is 1. The van der Waals surface area contributed by atoms with Crippen molar-refractivity contribution < 1.29 is 0 Å². The third-order valence-corrected chi connectivity index (χ3v) is 8.19. The van der Waals surface area contributed by atoms with Crippen LogP contribution in [0.5, 0.6) is 0 Å². The molecule has 3 heterocycles. The smallest absolute Gasteiger partial charge is 0.166 e. The Balaban J connectivity index is 1.11. The van der Waals surface area contributed by atoms with E-state index in [1.807, 2.05) is 36.5 Å². The highest BCUT2D eigenvalue weighted by Gasteiger charge is 2.20. The van der Waals surface area contributed by atoms with Crippen LogP contribution in [0.1, 0.15) is 24.1 Å². The van der Waals surface area contributed by atoms with E-state index in [-0.39, 0.29) is 0 Å². The Labute approximate surface area is 216 Å². The summed E-state index contributed by atoms with van der Waals surface area (Å²) in [6.45, 7) is 4.35. The molecule has 1 aliphatic rings. The summed E-state index contributed by atoms with van der Waals surface area (Å²) in [6.07, 6.45) is 5.62. The van der Waals surface area contributed by atoms with Crippen LogP contribution in [-0.2, 0) is 12.2 Å². The molecule has 1 fully saturated rings. The molecule has 35 heavy (non-hydrogen) atoms. The van der Waals surface area contributed by atoms with Gasteiger partial charge in [-0.05, 0) is 62.0 Å². The molecule has 4 aromatic rings. The summed E-state index contributed by atoms with van der Waals surface area (Å²) in [5.74, 6) is 1.47. The molecule has 0 aliphatic carbocycles. The van der Waals surface area contributed by atoms with Crippen LogP contribution in [-0.4, -0.2) is 53.1 Å². The number of para-hydroxylation sites is 2. The Morgan fingerprint density at radius 2 is 1.83 bits per heavy atom. The van der Waals surface area contributed by atoms with Gasteiger partial charge in [0.1, 0.15) is 0 Å². The second kappa shape index (κ2) is 11.5. The van der Waals surface area contributed by atoms with Gasteiger partial charge in [-0.25, -0.2) is 4.98 Å². The Bertz CT molecular complexity index is 1200. The van der Waals surface area contributed by atoms with Gasteiger partial charge in [-0.3, -0.25) is 4.98 Å². The number of aromatic nitrogens is 3. The van der Waals surface area contributed by atoms with Crippen LogP contribution in [0, 0.1) is 5.92 Å². The standard InChI is InChI=1S/C28H32ClN5S/c1-33(17-18-34-15-12-22(13-16-34)19-21-7-3-2-4-8-21)26-11-14-30-25(27(26)29)20-35-28-31-23-9-5-6-10-24(23)32-28/h2-11,14,22H,12-13,15-20H2,1H3,(H,31,32). The zero-order valence-corrected chi connectivity index (χ0v) is 21.7. The molecule has 0 radical (unpaired) electrons. The maximum atomic E-state index is 6.80. The Morgan fingerprint density at radius 3 is 2.63 bits per heavy atom. The normalized spacial score (nSPS) is 15.0. The predicted molar refractivity (Wildman–Crippen MR) is 147 cm³/mol. The lowest BCUT2D eigenvalue weighted by molar-refractivity contribution is 0.188. The summed E-state index contributed by atoms with van der Waals surface area (Å²) < 4.78 is 0. The molecule has 5 rings (SSSR count). The van der Waals surface area contributed by atoms with Crippen molar-refractivity contribution in [3.05, 3.63) is 83.1 Å². The van der Waals surface area contributed by atoms with Gasteiger partial charge in [-0.2, -0.15) is 0 Å². The first kappa shape index (κ1) is 24.2. The van der Waals surface area contributed by atoms with Gasteiger partial charge in [0.25, 0.3) is 0 Å². The lowest BCUT2D eigenvalue weighted by atomic mass is 9.90. The monoisotopic (exact) mass is 505 g/mol. The molecule has 1 N–H and O–H groups in total. The number of piperidine rings is 1. The van der Waals surface area contributed by atoms with Gasteiger partial charge in [-0.1, -0.05) is 65.8 Å². The van der Waals surface area contributed by atoms with E-state index in [0.717, 1.165) is 51.6 Å². The molecule has 7 heteroatoms. The molecule has 5 nitrogen and oxygen atoms in total. The van der Waals surface area contributed by atoms with Gasteiger partial charge in [0.05, 0.1) is 27.4 Å². The second-order valence-corrected chi connectivity index (χ2v) is 10.7. The maximum Gasteiger partial charge on any atom is 0.166 e. The molecule has 0 bridgehead atoms. The third kappa shape index (κ3) is 6.18. The van der Waals surface area contributed by atoms with Crippen LogP contribution >= 0.6 is 23.4 Å². The number of hydrogen-bond acceptors (Lipinski definition) is 5. The average molecular weight is 506 g/mol. The van der Waals surface area contributed by atoms with Crippen LogP contribution in [0.4, 0.5) is 5.69 Å². The van der Waals surface area contributed by atoms with Crippen molar-refractivity contribution in [2.45, 2.75) is 30.2 Å². The molecule has 0 spiro atoms. The number of likely N-dealkylation sites (N-methyl/N-ethyl adjacent to an activating group) is 1. The number of nitrogens with one attached hydrogen (secondary N) is 1. The Hall–Kier alpha value is -2.54. The Kier molecular flexibility index (Phi) is 7.92. The molecular formula is C28H32ClN5S. The summed E-state index contributed by atoms with van der Waals surface area (Å²) in [5.41, 5.74) is 5.43. The van der Waals surface area contributed by atoms with E-state index in [1.165, 1.54) is 37.9 Å². The topological polar surface area (TPSA) is 48.1 Å². The predicted octanol–water partition coefficient (Wildman–Crippen LogP) is 6.29. The van der Waals surface area contributed by atoms with Crippen LogP contribution in [0.15, 0.2) is 72.0 Å². The highest BCUT2D eigenvalue weighted by atomic mass is 35.5. The highest BCUT2D eigenvalue weighted by Crippen LogP contribution is 2.31. The maximum absolute atomic E-state index is 6.80. The molecule has 2 aromatic heterocycles. The van der Waals surface area contributed by atoms with Crippen molar-refractivity contribution in [2.75, 3.05) is 38.1 Å². The van der Waals surface area contributed by atoms with E-state index >= 15 is 0 Å². The Morgan fingerprint density at radius 1 is 1.06 bits per heavy atom. The average Bonchev–Trinajstić information content (AvgIpc) is 3.31. The van der Waals surface area contributed by atoms with Gasteiger partial charge in [0, 0.05) is 32.1 Å². The number of imidazole rings is 1. The molecule has 0 unspecified atom stereocenters. The van der Waals surface area contributed by atoms with Crippen LogP contribution in [0.25, 0.3) is 11.0 Å². The zero-order valence-electron chi connectivity index (χ0n) is 20.2. The molecular weight excluding hydrogens is 474 g/mol. The summed E-state index contributed by atoms with van der Waals surface area (Å²) in [6, 6.07) is 21.0. The number of rotatable bonds is 9. The minimum atomic E-state index is 0.676. The second-order valence-electron chi connectivity index (χ2n) is 9.33. The van der Waals surface area contributed by atoms with Crippen LogP contribution in [0.2, 0.25) is 5.02 Å². The number of anilines is 1. The van der Waals surface area contributed by atoms with Crippen molar-refractivity contribution in [1.29, 1.82) is 0 Å². The lowest BCUT2D eigenvalue weighted by Crippen LogP contribution is -2.39. The fraction of sp³-hybridized carbons (Fsp3) is 0.357. The molecule has 1 saturated heterocycles. The fourth-order valence-corrected chi connectivity index (χ4v) is 6.02. The van der Waals surface area contributed by atoms with E-state index in [0.29, 0.717) is 5.75 Å². The van der Waals surface area contributed by atoms with E-state index in [1.54, 1.807) is 11.8 Å². The van der Waals surface area contributed by atoms with Crippen LogP contribution in [0.3, 0.4) is 0 Å². The van der Waals surface area contributed by atoms with E-state index < -0.39 is 0 Å². The van der Waals surface area contributed by atoms with E-state index in [4.69, 9.17) is 11.6 Å². The third-order valence-electron chi connectivity index (χ3n) is 6.89. The SMILES string of the molecule is CN(CCN1CCC(Cc2ccccc2)CC1)c1ccnc(CSc2nc3ccccc3[nH]2)c1Cl. The largest absolute Gasteiger partial charge is 0.372 e. The van der Waals surface area contributed by atoms with E-state index in [9.17, 15) is 0 Å². The van der Waals surface area contributed by atoms with Gasteiger partial charge in [0.2, 0.25) is 0 Å². The molecule has 2 aromatic carbocycles. The van der Waals surface area contributed by atoms with Crippen molar-refractivity contribution in [1.82, 2.24) is 19.9 Å². The minimum absolute atomic E-state index is 0.676. The van der Waals surface area contributed by atoms with Gasteiger partial charge >= 0.3 is 0 Å². The van der Waals surface area contributed by atoms with Crippen molar-refractivity contribution in [3.8, 4) is 0 Å². The molecule has 0 amide bonds. The number of nitrogens with zero attached hydrogens (tertiary/aromatic N) is 4. The van der Waals surface area contributed by atoms with Crippen molar-refractivity contribution in [3.63, 3.8) is 0 Å². The molecule has 1 aliphatic heterocycles. The summed E-state index contributed by atoms with van der Waals surface area (Å²) in [7, 11) is 2.12. The number of fused-ring (bicyclic) bond motifs is 1. The summed E-state index contributed by atoms with van der Waals surface area (Å²) in [5, 5.41) is 1.62. The number of hydrogen-bond donors (Lipinski definition) is 1. The number of benzene rings is 2. The summed E-state index contributed by atoms with van der Waals surface area (Å²) >= 11 is 8.43. The number of thioether (sulfide) groups is 1. The molecule has 0 atom stereocenters. The zero-order chi connectivity index (χ0) is 24.0. The number of halogens is 1. The molecule has 182 valence electrons. The number of pyridine rings is 1. The number of aromatic amines is 1. The first-order valence-corrected chi connectivity index (χ1v) is 13.7. The fourth-order valence-electron chi connectivity index (χ4n) is 4.78. The van der Waals surface area contributed by atoms with Crippen molar-refractivity contribution >= 4 is 40.1 Å². The first-order chi connectivity index (χ1) is 17.2. The van der Waals surface area contributed by atoms with Gasteiger partial charge in [-0.15, -0.1) is 0 Å². The first-order valence-electron chi connectivity index (χ1n) is 12.3. The minimum Gasteiger partial charge on any atom is -0.372 e. The van der Waals surface area contributed by atoms with Crippen molar-refractivity contribution in [2.24, 2.45) is 5.92 Å².